The quantitative estimate of drug-likeness (QED) is 0.750. The van der Waals surface area contributed by atoms with E-state index in [1.165, 1.54) is 12.3 Å². The average Bonchev–Trinajstić information content (AvgIpc) is 2.63. The molecule has 0 aliphatic carbocycles. The van der Waals surface area contributed by atoms with Crippen LogP contribution in [-0.4, -0.2) is 27.1 Å². The Hall–Kier alpha value is -2.04. The van der Waals surface area contributed by atoms with Gasteiger partial charge in [-0.3, -0.25) is 0 Å². The molecule has 5 nitrogen and oxygen atoms in total. The number of aromatic nitrogens is 2. The number of fused-ring (bicyclic) bond motifs is 1. The molecule has 78 valence electrons. The highest BCUT2D eigenvalue weighted by Gasteiger charge is 2.13. The van der Waals surface area contributed by atoms with Gasteiger partial charge in [-0.1, -0.05) is 0 Å². The zero-order valence-corrected chi connectivity index (χ0v) is 8.17. The van der Waals surface area contributed by atoms with E-state index in [4.69, 9.17) is 4.74 Å². The lowest BCUT2D eigenvalue weighted by molar-refractivity contribution is 0.0523. The number of imidazole rings is 1. The number of hydrogen-bond acceptors (Lipinski definition) is 4. The van der Waals surface area contributed by atoms with Gasteiger partial charge in [0, 0.05) is 12.4 Å². The molecule has 0 saturated carbocycles. The van der Waals surface area contributed by atoms with Gasteiger partial charge < -0.3 is 14.2 Å². The Morgan fingerprint density at radius 3 is 3.20 bits per heavy atom. The number of nitrogens with zero attached hydrogens (tertiary/aromatic N) is 2. The molecule has 0 atom stereocenters. The molecular weight excluding hydrogens is 196 g/mol. The van der Waals surface area contributed by atoms with Crippen LogP contribution in [0.4, 0.5) is 0 Å². The highest BCUT2D eigenvalue weighted by atomic mass is 16.5. The summed E-state index contributed by atoms with van der Waals surface area (Å²) >= 11 is 0. The molecule has 2 rings (SSSR count). The normalized spacial score (nSPS) is 10.5. The molecule has 0 radical (unpaired) electrons. The van der Waals surface area contributed by atoms with Crippen LogP contribution >= 0.6 is 0 Å². The van der Waals surface area contributed by atoms with Gasteiger partial charge in [0.2, 0.25) is 0 Å². The van der Waals surface area contributed by atoms with Gasteiger partial charge in [-0.2, -0.15) is 0 Å². The molecule has 2 aromatic rings. The monoisotopic (exact) mass is 206 g/mol. The predicted molar refractivity (Wildman–Crippen MR) is 52.8 cm³/mol. The van der Waals surface area contributed by atoms with Crippen LogP contribution in [0.3, 0.4) is 0 Å². The minimum atomic E-state index is -0.541. The van der Waals surface area contributed by atoms with Crippen molar-refractivity contribution in [1.82, 2.24) is 9.38 Å². The van der Waals surface area contributed by atoms with Crippen LogP contribution in [0.25, 0.3) is 5.65 Å². The second-order valence-electron chi connectivity index (χ2n) is 2.99. The first-order valence-corrected chi connectivity index (χ1v) is 4.55. The summed E-state index contributed by atoms with van der Waals surface area (Å²) < 4.78 is 6.42. The van der Waals surface area contributed by atoms with Crippen LogP contribution in [0.15, 0.2) is 24.7 Å². The maximum Gasteiger partial charge on any atom is 0.342 e. The number of pyridine rings is 1. The van der Waals surface area contributed by atoms with Crippen molar-refractivity contribution in [2.45, 2.75) is 6.92 Å². The van der Waals surface area contributed by atoms with Crippen molar-refractivity contribution in [3.8, 4) is 5.75 Å². The molecular formula is C10H10N2O3. The Kier molecular flexibility index (Phi) is 2.29. The van der Waals surface area contributed by atoms with Gasteiger partial charge in [0.05, 0.1) is 12.8 Å². The van der Waals surface area contributed by atoms with Crippen LogP contribution in [0.5, 0.6) is 5.75 Å². The Morgan fingerprint density at radius 1 is 1.67 bits per heavy atom. The molecule has 0 fully saturated rings. The summed E-state index contributed by atoms with van der Waals surface area (Å²) in [5.41, 5.74) is 0.728. The van der Waals surface area contributed by atoms with Crippen molar-refractivity contribution in [2.75, 3.05) is 6.61 Å². The third-order valence-corrected chi connectivity index (χ3v) is 2.00. The first-order chi connectivity index (χ1) is 7.22. The fourth-order valence-electron chi connectivity index (χ4n) is 1.32. The largest absolute Gasteiger partial charge is 0.505 e. The smallest absolute Gasteiger partial charge is 0.342 e. The van der Waals surface area contributed by atoms with Crippen LogP contribution in [0.2, 0.25) is 0 Å². The fraction of sp³-hybridized carbons (Fsp3) is 0.200. The number of rotatable bonds is 2. The summed E-state index contributed by atoms with van der Waals surface area (Å²) in [5.74, 6) is -0.653. The fourth-order valence-corrected chi connectivity index (χ4v) is 1.32. The number of hydrogen-bond donors (Lipinski definition) is 1. The van der Waals surface area contributed by atoms with Crippen molar-refractivity contribution in [1.29, 1.82) is 0 Å². The molecule has 0 aromatic carbocycles. The average molecular weight is 206 g/mol. The van der Waals surface area contributed by atoms with Gasteiger partial charge >= 0.3 is 5.97 Å². The summed E-state index contributed by atoms with van der Waals surface area (Å²) in [6.07, 6.45) is 4.70. The number of carbonyl (C=O) groups excluding carboxylic acids is 1. The third kappa shape index (κ3) is 1.63. The van der Waals surface area contributed by atoms with E-state index in [0.29, 0.717) is 5.65 Å². The highest BCUT2D eigenvalue weighted by molar-refractivity contribution is 5.93. The molecule has 1 N–H and O–H groups in total. The first-order valence-electron chi connectivity index (χ1n) is 4.55. The third-order valence-electron chi connectivity index (χ3n) is 2.00. The van der Waals surface area contributed by atoms with E-state index >= 15 is 0 Å². The highest BCUT2D eigenvalue weighted by Crippen LogP contribution is 2.19. The number of aromatic hydroxyl groups is 1. The molecule has 0 amide bonds. The van der Waals surface area contributed by atoms with E-state index < -0.39 is 5.97 Å². The van der Waals surface area contributed by atoms with E-state index in [1.54, 1.807) is 23.7 Å². The van der Waals surface area contributed by atoms with Gasteiger partial charge in [-0.15, -0.1) is 0 Å². The second kappa shape index (κ2) is 3.61. The Balaban J connectivity index is 2.50. The Bertz CT molecular complexity index is 504. The molecule has 5 heteroatoms. The lowest BCUT2D eigenvalue weighted by Gasteiger charge is -2.04. The summed E-state index contributed by atoms with van der Waals surface area (Å²) in [5, 5.41) is 9.57. The van der Waals surface area contributed by atoms with Crippen LogP contribution in [0.1, 0.15) is 17.3 Å². The van der Waals surface area contributed by atoms with Gasteiger partial charge in [0.25, 0.3) is 0 Å². The molecule has 0 aliphatic rings. The summed E-state index contributed by atoms with van der Waals surface area (Å²) in [6, 6.07) is 1.49. The summed E-state index contributed by atoms with van der Waals surface area (Å²) in [4.78, 5) is 15.4. The predicted octanol–water partition coefficient (Wildman–Crippen LogP) is 1.22. The van der Waals surface area contributed by atoms with Crippen LogP contribution < -0.4 is 0 Å². The van der Waals surface area contributed by atoms with Crippen LogP contribution in [0, 0.1) is 0 Å². The van der Waals surface area contributed by atoms with E-state index in [-0.39, 0.29) is 17.9 Å². The zero-order chi connectivity index (χ0) is 10.8. The van der Waals surface area contributed by atoms with E-state index in [1.807, 2.05) is 0 Å². The lowest BCUT2D eigenvalue weighted by atomic mass is 10.2. The molecule has 0 spiro atoms. The van der Waals surface area contributed by atoms with E-state index in [0.717, 1.165) is 0 Å². The standard InChI is InChI=1S/C10H10N2O3/c1-2-15-10(14)7-5-9-11-3-4-12(9)6-8(7)13/h3-6,13H,2H2,1H3. The molecule has 0 unspecified atom stereocenters. The van der Waals surface area contributed by atoms with Gasteiger partial charge in [0.1, 0.15) is 17.0 Å². The van der Waals surface area contributed by atoms with Gasteiger partial charge in [-0.05, 0) is 13.0 Å². The Morgan fingerprint density at radius 2 is 2.47 bits per heavy atom. The lowest BCUT2D eigenvalue weighted by Crippen LogP contribution is -2.05. The van der Waals surface area contributed by atoms with Gasteiger partial charge in [-0.25, -0.2) is 9.78 Å². The van der Waals surface area contributed by atoms with Crippen molar-refractivity contribution < 1.29 is 14.6 Å². The maximum absolute atomic E-state index is 11.4. The van der Waals surface area contributed by atoms with Crippen LogP contribution in [-0.2, 0) is 4.74 Å². The van der Waals surface area contributed by atoms with Crippen molar-refractivity contribution in [3.63, 3.8) is 0 Å². The van der Waals surface area contributed by atoms with E-state index in [2.05, 4.69) is 4.98 Å². The van der Waals surface area contributed by atoms with E-state index in [9.17, 15) is 9.90 Å². The molecule has 0 saturated heterocycles. The molecule has 2 heterocycles. The topological polar surface area (TPSA) is 63.8 Å². The molecule has 0 bridgehead atoms. The maximum atomic E-state index is 11.4. The molecule has 15 heavy (non-hydrogen) atoms. The molecule has 2 aromatic heterocycles. The first kappa shape index (κ1) is 9.51. The number of esters is 1. The number of carbonyl (C=O) groups is 1. The minimum absolute atomic E-state index is 0.112. The summed E-state index contributed by atoms with van der Waals surface area (Å²) in [6.45, 7) is 1.99. The van der Waals surface area contributed by atoms with Crippen molar-refractivity contribution >= 4 is 11.6 Å². The SMILES string of the molecule is CCOC(=O)c1cc2nccn2cc1O. The Labute approximate surface area is 85.9 Å². The van der Waals surface area contributed by atoms with Crippen molar-refractivity contribution in [2.24, 2.45) is 0 Å². The van der Waals surface area contributed by atoms with Crippen molar-refractivity contribution in [3.05, 3.63) is 30.2 Å². The van der Waals surface area contributed by atoms with Gasteiger partial charge in [0.15, 0.2) is 0 Å². The second-order valence-corrected chi connectivity index (χ2v) is 2.99. The summed E-state index contributed by atoms with van der Waals surface area (Å²) in [7, 11) is 0. The molecule has 0 aliphatic heterocycles. The minimum Gasteiger partial charge on any atom is -0.505 e. The number of ether oxygens (including phenoxy) is 1. The zero-order valence-electron chi connectivity index (χ0n) is 8.17.